The van der Waals surface area contributed by atoms with Crippen molar-refractivity contribution in [1.82, 2.24) is 0 Å². The fourth-order valence-electron chi connectivity index (χ4n) is 2.89. The number of carbonyl (C=O) groups excluding carboxylic acids is 2. The van der Waals surface area contributed by atoms with Crippen LogP contribution in [0, 0.1) is 0 Å². The minimum absolute atomic E-state index is 0.0249. The molecule has 1 aliphatic rings. The maximum atomic E-state index is 12.5. The highest BCUT2D eigenvalue weighted by Gasteiger charge is 2.26. The maximum absolute atomic E-state index is 12.5. The molecular weight excluding hydrogens is 462 g/mol. The number of halogens is 1. The summed E-state index contributed by atoms with van der Waals surface area (Å²) in [5, 5.41) is 2.84. The van der Waals surface area contributed by atoms with Crippen molar-refractivity contribution in [3.8, 4) is 17.2 Å². The summed E-state index contributed by atoms with van der Waals surface area (Å²) in [7, 11) is 4.47. The molecule has 0 spiro atoms. The van der Waals surface area contributed by atoms with Crippen LogP contribution in [0.5, 0.6) is 17.2 Å². The van der Waals surface area contributed by atoms with Crippen LogP contribution in [-0.4, -0.2) is 52.9 Å². The number of cyclic esters (lactones) is 1. The van der Waals surface area contributed by atoms with Crippen LogP contribution in [0.1, 0.15) is 25.3 Å². The van der Waals surface area contributed by atoms with Crippen LogP contribution in [0.15, 0.2) is 16.6 Å². The Labute approximate surface area is 183 Å². The molecule has 1 aliphatic heterocycles. The molecule has 1 aromatic rings. The van der Waals surface area contributed by atoms with E-state index in [2.05, 4.69) is 21.2 Å². The molecule has 2 bridgehead atoms. The Hall–Kier alpha value is -2.30. The van der Waals surface area contributed by atoms with Gasteiger partial charge in [-0.25, -0.2) is 4.79 Å². The van der Waals surface area contributed by atoms with Gasteiger partial charge in [-0.1, -0.05) is 6.08 Å². The van der Waals surface area contributed by atoms with Crippen molar-refractivity contribution in [3.63, 3.8) is 0 Å². The fourth-order valence-corrected chi connectivity index (χ4v) is 3.21. The summed E-state index contributed by atoms with van der Waals surface area (Å²) in [5.41, 5.74) is 0.942. The number of esters is 1. The van der Waals surface area contributed by atoms with Gasteiger partial charge in [0.05, 0.1) is 17.3 Å². The number of benzene rings is 1. The van der Waals surface area contributed by atoms with Gasteiger partial charge in [0.15, 0.2) is 30.8 Å². The minimum Gasteiger partial charge on any atom is -0.492 e. The van der Waals surface area contributed by atoms with Crippen molar-refractivity contribution >= 4 is 33.5 Å². The van der Waals surface area contributed by atoms with Gasteiger partial charge in [-0.2, -0.15) is 0 Å². The van der Waals surface area contributed by atoms with Crippen LogP contribution in [0.3, 0.4) is 0 Å². The van der Waals surface area contributed by atoms with Gasteiger partial charge in [0.2, 0.25) is 5.91 Å². The van der Waals surface area contributed by atoms with Crippen molar-refractivity contribution in [3.05, 3.63) is 22.2 Å². The lowest BCUT2D eigenvalue weighted by Gasteiger charge is -2.23. The Balaban J connectivity index is 2.61. The molecule has 1 unspecified atom stereocenters. The molecule has 0 saturated heterocycles. The van der Waals surface area contributed by atoms with Gasteiger partial charge in [0.25, 0.3) is 0 Å². The first-order chi connectivity index (χ1) is 14.4. The molecule has 1 heterocycles. The number of hydrogen-bond donors (Lipinski definition) is 1. The van der Waals surface area contributed by atoms with Crippen LogP contribution in [0.25, 0.3) is 0 Å². The normalized spacial score (nSPS) is 17.5. The van der Waals surface area contributed by atoms with Gasteiger partial charge in [-0.05, 0) is 29.3 Å². The van der Waals surface area contributed by atoms with E-state index in [-0.39, 0.29) is 36.8 Å². The number of carbonyl (C=O) groups is 2. The van der Waals surface area contributed by atoms with E-state index < -0.39 is 12.1 Å². The Morgan fingerprint density at radius 3 is 2.50 bits per heavy atom. The van der Waals surface area contributed by atoms with E-state index in [1.54, 1.807) is 19.1 Å². The molecule has 2 rings (SSSR count). The molecule has 9 nitrogen and oxygen atoms in total. The van der Waals surface area contributed by atoms with E-state index in [9.17, 15) is 9.59 Å². The predicted molar refractivity (Wildman–Crippen MR) is 112 cm³/mol. The van der Waals surface area contributed by atoms with Gasteiger partial charge in [-0.3, -0.25) is 4.79 Å². The van der Waals surface area contributed by atoms with Gasteiger partial charge in [0, 0.05) is 38.7 Å². The minimum atomic E-state index is -0.528. The largest absolute Gasteiger partial charge is 0.492 e. The first-order valence-corrected chi connectivity index (χ1v) is 10.0. The highest BCUT2D eigenvalue weighted by atomic mass is 79.9. The van der Waals surface area contributed by atoms with E-state index in [0.29, 0.717) is 34.9 Å². The molecule has 1 N–H and O–H groups in total. The number of rotatable bonds is 7. The maximum Gasteiger partial charge on any atom is 0.345 e. The third-order valence-electron chi connectivity index (χ3n) is 4.11. The number of fused-ring (bicyclic) bond motifs is 2. The van der Waals surface area contributed by atoms with Crippen molar-refractivity contribution in [1.29, 1.82) is 0 Å². The van der Waals surface area contributed by atoms with Crippen LogP contribution in [0.4, 0.5) is 5.69 Å². The standard InChI is InChI=1S/C20H26BrNO8/c1-12-8-13-18(29-11-26-3)15(9-16(19(13)27-4)28-10-25-2)22-17(23)7-5-6-14(21)20(24)30-12/h6,9,12H,5,7-8,10-11H2,1-4H3,(H,22,23). The molecule has 1 atom stereocenters. The average Bonchev–Trinajstić information content (AvgIpc) is 2.71. The Morgan fingerprint density at radius 1 is 1.13 bits per heavy atom. The summed E-state index contributed by atoms with van der Waals surface area (Å²) >= 11 is 3.20. The van der Waals surface area contributed by atoms with Crippen LogP contribution >= 0.6 is 15.9 Å². The summed E-state index contributed by atoms with van der Waals surface area (Å²) in [5.74, 6) is 0.294. The number of anilines is 1. The number of allylic oxidation sites excluding steroid dienone is 1. The van der Waals surface area contributed by atoms with Crippen LogP contribution < -0.4 is 19.5 Å². The van der Waals surface area contributed by atoms with E-state index in [0.717, 1.165) is 0 Å². The number of nitrogens with one attached hydrogen (secondary N) is 1. The summed E-state index contributed by atoms with van der Waals surface area (Å²) < 4.78 is 32.8. The second-order valence-corrected chi connectivity index (χ2v) is 7.28. The third kappa shape index (κ3) is 6.35. The molecule has 1 amide bonds. The van der Waals surface area contributed by atoms with E-state index in [1.165, 1.54) is 21.3 Å². The van der Waals surface area contributed by atoms with Crippen LogP contribution in [-0.2, 0) is 30.2 Å². The summed E-state index contributed by atoms with van der Waals surface area (Å²) in [4.78, 5) is 24.8. The van der Waals surface area contributed by atoms with Gasteiger partial charge >= 0.3 is 5.97 Å². The molecule has 0 saturated carbocycles. The van der Waals surface area contributed by atoms with Crippen LogP contribution in [0.2, 0.25) is 0 Å². The quantitative estimate of drug-likeness (QED) is 0.462. The van der Waals surface area contributed by atoms with Crippen molar-refractivity contribution < 1.29 is 38.0 Å². The molecule has 0 aromatic heterocycles. The first-order valence-electron chi connectivity index (χ1n) is 9.25. The van der Waals surface area contributed by atoms with E-state index in [1.807, 2.05) is 0 Å². The summed E-state index contributed by atoms with van der Waals surface area (Å²) in [6.45, 7) is 1.67. The van der Waals surface area contributed by atoms with E-state index >= 15 is 0 Å². The fraction of sp³-hybridized carbons (Fsp3) is 0.500. The lowest BCUT2D eigenvalue weighted by Crippen LogP contribution is -2.19. The topological polar surface area (TPSA) is 102 Å². The van der Waals surface area contributed by atoms with E-state index in [4.69, 9.17) is 28.4 Å². The second-order valence-electron chi connectivity index (χ2n) is 6.42. The number of methoxy groups -OCH3 is 3. The van der Waals surface area contributed by atoms with Crippen molar-refractivity contribution in [2.45, 2.75) is 32.3 Å². The molecular formula is C20H26BrNO8. The zero-order chi connectivity index (χ0) is 22.1. The summed E-state index contributed by atoms with van der Waals surface area (Å²) in [6.07, 6.45) is 1.82. The predicted octanol–water partition coefficient (Wildman–Crippen LogP) is 3.15. The molecule has 0 radical (unpaired) electrons. The molecule has 10 heteroatoms. The Kier molecular flexibility index (Phi) is 9.41. The molecule has 166 valence electrons. The van der Waals surface area contributed by atoms with Crippen molar-refractivity contribution in [2.75, 3.05) is 40.2 Å². The highest BCUT2D eigenvalue weighted by molar-refractivity contribution is 9.12. The smallest absolute Gasteiger partial charge is 0.345 e. The average molecular weight is 488 g/mol. The van der Waals surface area contributed by atoms with Crippen molar-refractivity contribution in [2.24, 2.45) is 0 Å². The Morgan fingerprint density at radius 2 is 1.83 bits per heavy atom. The summed E-state index contributed by atoms with van der Waals surface area (Å²) in [6, 6.07) is 1.60. The zero-order valence-corrected chi connectivity index (χ0v) is 19.0. The monoisotopic (exact) mass is 487 g/mol. The Bertz CT molecular complexity index is 796. The van der Waals surface area contributed by atoms with Gasteiger partial charge < -0.3 is 33.7 Å². The number of ether oxygens (including phenoxy) is 6. The molecule has 1 aromatic carbocycles. The lowest BCUT2D eigenvalue weighted by molar-refractivity contribution is -0.142. The molecule has 0 aliphatic carbocycles. The number of hydrogen-bond acceptors (Lipinski definition) is 8. The lowest BCUT2D eigenvalue weighted by atomic mass is 10.0. The SMILES string of the molecule is COCOc1cc2c(OCOC)c(c1OC)CC(C)OC(=O)C(Br)=CCCC(=O)N2. The highest BCUT2D eigenvalue weighted by Crippen LogP contribution is 2.44. The number of amides is 1. The molecule has 30 heavy (non-hydrogen) atoms. The molecule has 0 fully saturated rings. The van der Waals surface area contributed by atoms with Gasteiger partial charge in [-0.15, -0.1) is 0 Å². The second kappa shape index (κ2) is 11.8. The zero-order valence-electron chi connectivity index (χ0n) is 17.4. The third-order valence-corrected chi connectivity index (χ3v) is 4.76. The first kappa shape index (κ1) is 24.0. The van der Waals surface area contributed by atoms with Gasteiger partial charge in [0.1, 0.15) is 6.10 Å².